The number of aryl methyl sites for hydroxylation is 1. The summed E-state index contributed by atoms with van der Waals surface area (Å²) in [5.41, 5.74) is 1.12. The Morgan fingerprint density at radius 3 is 2.83 bits per heavy atom. The molecule has 0 atom stereocenters. The Bertz CT molecular complexity index is 682. The Morgan fingerprint density at radius 2 is 2.17 bits per heavy atom. The molecule has 1 N–H and O–H groups in total. The summed E-state index contributed by atoms with van der Waals surface area (Å²) in [6.07, 6.45) is 3.35. The molecule has 0 aliphatic heterocycles. The molecule has 2 aromatic rings. The molecule has 2 rings (SSSR count). The lowest BCUT2D eigenvalue weighted by Gasteiger charge is -2.10. The first-order valence-electron chi connectivity index (χ1n) is 7.01. The van der Waals surface area contributed by atoms with Gasteiger partial charge in [0.2, 0.25) is 5.88 Å². The van der Waals surface area contributed by atoms with E-state index in [2.05, 4.69) is 15.4 Å². The summed E-state index contributed by atoms with van der Waals surface area (Å²) in [4.78, 5) is 29.0. The molecule has 23 heavy (non-hydrogen) atoms. The van der Waals surface area contributed by atoms with E-state index < -0.39 is 0 Å². The van der Waals surface area contributed by atoms with Crippen molar-refractivity contribution in [2.75, 3.05) is 20.7 Å². The van der Waals surface area contributed by atoms with Crippen LogP contribution < -0.4 is 10.1 Å². The van der Waals surface area contributed by atoms with Crippen molar-refractivity contribution in [2.45, 2.75) is 6.54 Å². The second-order valence-electron chi connectivity index (χ2n) is 5.11. The first-order valence-corrected chi connectivity index (χ1v) is 7.01. The van der Waals surface area contributed by atoms with Crippen LogP contribution in [0.4, 0.5) is 0 Å². The Kier molecular flexibility index (Phi) is 5.29. The smallest absolute Gasteiger partial charge is 0.272 e. The van der Waals surface area contributed by atoms with Crippen molar-refractivity contribution in [3.8, 4) is 5.88 Å². The topological polar surface area (TPSA) is 89.3 Å². The van der Waals surface area contributed by atoms with Crippen LogP contribution in [0.5, 0.6) is 5.88 Å². The molecule has 8 nitrogen and oxygen atoms in total. The van der Waals surface area contributed by atoms with Gasteiger partial charge in [-0.15, -0.1) is 0 Å². The molecule has 0 saturated carbocycles. The third kappa shape index (κ3) is 4.53. The fourth-order valence-corrected chi connectivity index (χ4v) is 1.74. The fourth-order valence-electron chi connectivity index (χ4n) is 1.74. The predicted molar refractivity (Wildman–Crippen MR) is 82.8 cm³/mol. The number of nitrogens with one attached hydrogen (secondary N) is 1. The van der Waals surface area contributed by atoms with Gasteiger partial charge >= 0.3 is 0 Å². The first-order chi connectivity index (χ1) is 11.0. The SMILES string of the molecule is CN(C)C(=O)COc1cc(C(=O)NCc2cccnc2)nn1C. The third-order valence-electron chi connectivity index (χ3n) is 3.09. The van der Waals surface area contributed by atoms with E-state index in [4.69, 9.17) is 4.74 Å². The number of carbonyl (C=O) groups excluding carboxylic acids is 2. The van der Waals surface area contributed by atoms with Crippen molar-refractivity contribution in [1.82, 2.24) is 25.0 Å². The second-order valence-corrected chi connectivity index (χ2v) is 5.11. The van der Waals surface area contributed by atoms with Crippen molar-refractivity contribution in [2.24, 2.45) is 7.05 Å². The van der Waals surface area contributed by atoms with Gasteiger partial charge in [0.25, 0.3) is 11.8 Å². The quantitative estimate of drug-likeness (QED) is 0.823. The van der Waals surface area contributed by atoms with Gasteiger partial charge in [-0.2, -0.15) is 5.10 Å². The van der Waals surface area contributed by atoms with E-state index in [0.29, 0.717) is 12.4 Å². The number of amides is 2. The summed E-state index contributed by atoms with van der Waals surface area (Å²) in [7, 11) is 4.94. The molecule has 0 spiro atoms. The standard InChI is InChI=1S/C15H19N5O3/c1-19(2)13(21)10-23-14-7-12(18-20(14)3)15(22)17-9-11-5-4-6-16-8-11/h4-8H,9-10H2,1-3H3,(H,17,22). The summed E-state index contributed by atoms with van der Waals surface area (Å²) in [6, 6.07) is 5.17. The Hall–Kier alpha value is -2.90. The highest BCUT2D eigenvalue weighted by atomic mass is 16.5. The summed E-state index contributed by atoms with van der Waals surface area (Å²) >= 11 is 0. The number of hydrogen-bond acceptors (Lipinski definition) is 5. The molecule has 2 heterocycles. The monoisotopic (exact) mass is 317 g/mol. The minimum Gasteiger partial charge on any atom is -0.468 e. The minimum atomic E-state index is -0.321. The lowest BCUT2D eigenvalue weighted by atomic mass is 10.3. The van der Waals surface area contributed by atoms with Gasteiger partial charge in [-0.3, -0.25) is 14.6 Å². The highest BCUT2D eigenvalue weighted by molar-refractivity contribution is 5.92. The summed E-state index contributed by atoms with van der Waals surface area (Å²) < 4.78 is 6.79. The minimum absolute atomic E-state index is 0.108. The zero-order chi connectivity index (χ0) is 16.8. The maximum absolute atomic E-state index is 12.1. The average molecular weight is 317 g/mol. The number of nitrogens with zero attached hydrogens (tertiary/aromatic N) is 4. The van der Waals surface area contributed by atoms with Crippen LogP contribution in [0.3, 0.4) is 0 Å². The normalized spacial score (nSPS) is 10.2. The first kappa shape index (κ1) is 16.5. The summed E-state index contributed by atoms with van der Waals surface area (Å²) in [6.45, 7) is 0.252. The Morgan fingerprint density at radius 1 is 1.39 bits per heavy atom. The van der Waals surface area contributed by atoms with Gasteiger partial charge in [0, 0.05) is 46.1 Å². The van der Waals surface area contributed by atoms with Crippen molar-refractivity contribution >= 4 is 11.8 Å². The molecule has 0 saturated heterocycles. The molecule has 0 radical (unpaired) electrons. The number of likely N-dealkylation sites (N-methyl/N-ethyl adjacent to an activating group) is 1. The van der Waals surface area contributed by atoms with Crippen LogP contribution in [0, 0.1) is 0 Å². The number of hydrogen-bond donors (Lipinski definition) is 1. The molecule has 122 valence electrons. The maximum Gasteiger partial charge on any atom is 0.272 e. The van der Waals surface area contributed by atoms with E-state index >= 15 is 0 Å². The van der Waals surface area contributed by atoms with Crippen molar-refractivity contribution in [3.63, 3.8) is 0 Å². The van der Waals surface area contributed by atoms with E-state index in [1.54, 1.807) is 39.6 Å². The van der Waals surface area contributed by atoms with E-state index in [-0.39, 0.29) is 24.1 Å². The molecule has 8 heteroatoms. The van der Waals surface area contributed by atoms with Gasteiger partial charge in [0.1, 0.15) is 0 Å². The highest BCUT2D eigenvalue weighted by Gasteiger charge is 2.15. The number of pyridine rings is 1. The van der Waals surface area contributed by atoms with Gasteiger partial charge in [-0.25, -0.2) is 4.68 Å². The summed E-state index contributed by atoms with van der Waals surface area (Å²) in [5.74, 6) is -0.140. The van der Waals surface area contributed by atoms with E-state index in [9.17, 15) is 9.59 Å². The molecule has 0 unspecified atom stereocenters. The van der Waals surface area contributed by atoms with Crippen LogP contribution in [0.25, 0.3) is 0 Å². The average Bonchev–Trinajstić information content (AvgIpc) is 2.92. The van der Waals surface area contributed by atoms with Crippen LogP contribution in [0.1, 0.15) is 16.1 Å². The van der Waals surface area contributed by atoms with E-state index in [1.807, 2.05) is 6.07 Å². The lowest BCUT2D eigenvalue weighted by Crippen LogP contribution is -2.27. The van der Waals surface area contributed by atoms with E-state index in [0.717, 1.165) is 5.56 Å². The molecular formula is C15H19N5O3. The molecule has 0 bridgehead atoms. The molecule has 0 aliphatic carbocycles. The predicted octanol–water partition coefficient (Wildman–Crippen LogP) is 0.212. The molecular weight excluding hydrogens is 298 g/mol. The van der Waals surface area contributed by atoms with Crippen LogP contribution in [0.2, 0.25) is 0 Å². The largest absolute Gasteiger partial charge is 0.468 e. The number of rotatable bonds is 6. The lowest BCUT2D eigenvalue weighted by molar-refractivity contribution is -0.130. The van der Waals surface area contributed by atoms with Gasteiger partial charge in [-0.05, 0) is 11.6 Å². The molecule has 0 fully saturated rings. The van der Waals surface area contributed by atoms with Gasteiger partial charge in [0.15, 0.2) is 12.3 Å². The number of carbonyl (C=O) groups is 2. The van der Waals surface area contributed by atoms with Crippen LogP contribution in [-0.4, -0.2) is 52.2 Å². The molecule has 0 aromatic carbocycles. The molecule has 0 aliphatic rings. The van der Waals surface area contributed by atoms with Crippen LogP contribution in [-0.2, 0) is 18.4 Å². The maximum atomic E-state index is 12.1. The third-order valence-corrected chi connectivity index (χ3v) is 3.09. The number of ether oxygens (including phenoxy) is 1. The second kappa shape index (κ2) is 7.39. The van der Waals surface area contributed by atoms with Crippen molar-refractivity contribution in [3.05, 3.63) is 41.9 Å². The Balaban J connectivity index is 1.94. The van der Waals surface area contributed by atoms with Crippen molar-refractivity contribution in [1.29, 1.82) is 0 Å². The Labute approximate surface area is 134 Å². The zero-order valence-electron chi connectivity index (χ0n) is 13.3. The highest BCUT2D eigenvalue weighted by Crippen LogP contribution is 2.12. The van der Waals surface area contributed by atoms with E-state index in [1.165, 1.54) is 15.6 Å². The molecule has 2 aromatic heterocycles. The van der Waals surface area contributed by atoms with Gasteiger partial charge in [0.05, 0.1) is 0 Å². The van der Waals surface area contributed by atoms with Crippen LogP contribution in [0.15, 0.2) is 30.6 Å². The van der Waals surface area contributed by atoms with Crippen molar-refractivity contribution < 1.29 is 14.3 Å². The summed E-state index contributed by atoms with van der Waals surface area (Å²) in [5, 5.41) is 6.84. The van der Waals surface area contributed by atoms with Gasteiger partial charge < -0.3 is 15.0 Å². The van der Waals surface area contributed by atoms with Crippen LogP contribution >= 0.6 is 0 Å². The zero-order valence-corrected chi connectivity index (χ0v) is 13.3. The number of aromatic nitrogens is 3. The fraction of sp³-hybridized carbons (Fsp3) is 0.333. The molecule has 2 amide bonds. The van der Waals surface area contributed by atoms with Gasteiger partial charge in [-0.1, -0.05) is 6.07 Å².